The van der Waals surface area contributed by atoms with Crippen LogP contribution in [0.2, 0.25) is 0 Å². The SMILES string of the molecule is Cl.Cl.[C-]1=CC=CC1.[C-]1=CC=CC1.[CH-]1CCCC2=C1CC1=C2CCCC1.[CH-]1CCCC2=C1CC1=C2CCCC1.[Hf+2]=[C](c1ccccc1)c1ccccc1.[Hf+2]=[C](c1ccccc1)c1ccccc1. The molecule has 0 saturated carbocycles. The quantitative estimate of drug-likeness (QED) is 0.141. The van der Waals surface area contributed by atoms with Crippen LogP contribution in [-0.2, 0) is 47.8 Å². The van der Waals surface area contributed by atoms with Gasteiger partial charge in [-0.15, -0.1) is 61.6 Å². The van der Waals surface area contributed by atoms with Crippen LogP contribution in [0.5, 0.6) is 0 Å². The van der Waals surface area contributed by atoms with Crippen molar-refractivity contribution in [3.8, 4) is 0 Å². The van der Waals surface area contributed by atoms with Crippen LogP contribution >= 0.6 is 24.8 Å². The van der Waals surface area contributed by atoms with E-state index in [1.165, 1.54) is 131 Å². The second-order valence-electron chi connectivity index (χ2n) is 17.4. The minimum absolute atomic E-state index is 0. The van der Waals surface area contributed by atoms with Crippen molar-refractivity contribution in [1.82, 2.24) is 0 Å². The fraction of sp³-hybridized carbons (Fsp3) is 0.290. The van der Waals surface area contributed by atoms with Crippen molar-refractivity contribution in [3.05, 3.63) is 250 Å². The first-order chi connectivity index (χ1) is 31.7. The molecule has 66 heavy (non-hydrogen) atoms. The third-order valence-electron chi connectivity index (χ3n) is 12.9. The third kappa shape index (κ3) is 16.4. The van der Waals surface area contributed by atoms with Crippen molar-refractivity contribution in [1.29, 1.82) is 0 Å². The van der Waals surface area contributed by atoms with Crippen molar-refractivity contribution < 1.29 is 47.8 Å². The predicted octanol–water partition coefficient (Wildman–Crippen LogP) is 17.0. The van der Waals surface area contributed by atoms with Crippen molar-refractivity contribution in [3.63, 3.8) is 0 Å². The fourth-order valence-electron chi connectivity index (χ4n) is 9.67. The summed E-state index contributed by atoms with van der Waals surface area (Å²) in [6.07, 6.45) is 47.2. The molecule has 4 aromatic rings. The van der Waals surface area contributed by atoms with E-state index in [1.54, 1.807) is 44.6 Å². The van der Waals surface area contributed by atoms with E-state index in [1.807, 2.05) is 24.3 Å². The van der Waals surface area contributed by atoms with Gasteiger partial charge in [-0.05, 0) is 51.4 Å². The van der Waals surface area contributed by atoms with Gasteiger partial charge in [0.15, 0.2) is 0 Å². The van der Waals surface area contributed by atoms with Gasteiger partial charge in [0.2, 0.25) is 0 Å². The van der Waals surface area contributed by atoms with Gasteiger partial charge in [0.1, 0.15) is 0 Å². The summed E-state index contributed by atoms with van der Waals surface area (Å²) in [5.74, 6) is 0. The molecule has 0 aromatic heterocycles. The van der Waals surface area contributed by atoms with E-state index in [-0.39, 0.29) is 24.8 Å². The van der Waals surface area contributed by atoms with Crippen molar-refractivity contribution in [2.75, 3.05) is 0 Å². The van der Waals surface area contributed by atoms with Gasteiger partial charge in [-0.1, -0.05) is 49.7 Å². The summed E-state index contributed by atoms with van der Waals surface area (Å²) in [4.78, 5) is 0. The second-order valence-corrected chi connectivity index (χ2v) is 20.9. The van der Waals surface area contributed by atoms with Crippen molar-refractivity contribution >= 4 is 31.3 Å². The molecule has 0 atom stereocenters. The van der Waals surface area contributed by atoms with Crippen LogP contribution in [-0.4, -0.2) is 6.51 Å². The van der Waals surface area contributed by atoms with Crippen molar-refractivity contribution in [2.24, 2.45) is 0 Å². The van der Waals surface area contributed by atoms with Crippen LogP contribution in [0.3, 0.4) is 0 Å². The van der Waals surface area contributed by atoms with E-state index in [0.717, 1.165) is 60.6 Å². The maximum atomic E-state index is 2.99. The average molecular weight is 1240 g/mol. The summed E-state index contributed by atoms with van der Waals surface area (Å²) >= 11 is 2.16. The summed E-state index contributed by atoms with van der Waals surface area (Å²) in [7, 11) is 0. The van der Waals surface area contributed by atoms with Crippen LogP contribution in [0.1, 0.15) is 138 Å². The molecule has 336 valence electrons. The first-order valence-electron chi connectivity index (χ1n) is 24.0. The van der Waals surface area contributed by atoms with E-state index in [2.05, 4.69) is 158 Å². The van der Waals surface area contributed by atoms with E-state index in [4.69, 9.17) is 0 Å². The molecule has 0 radical (unpaired) electrons. The van der Waals surface area contributed by atoms with Gasteiger partial charge in [-0.3, -0.25) is 12.2 Å². The van der Waals surface area contributed by atoms with Gasteiger partial charge in [0, 0.05) is 0 Å². The molecule has 0 bridgehead atoms. The number of hydrogen-bond donors (Lipinski definition) is 0. The van der Waals surface area contributed by atoms with Crippen LogP contribution < -0.4 is 0 Å². The van der Waals surface area contributed by atoms with E-state index in [9.17, 15) is 0 Å². The number of rotatable bonds is 4. The van der Waals surface area contributed by atoms with Crippen LogP contribution in [0.25, 0.3) is 0 Å². The zero-order valence-corrected chi connectivity index (χ0v) is 47.5. The molecule has 0 saturated heterocycles. The molecule has 12 rings (SSSR count). The molecule has 0 unspecified atom stereocenters. The number of halogens is 2. The molecule has 4 aromatic carbocycles. The van der Waals surface area contributed by atoms with E-state index < -0.39 is 0 Å². The molecule has 8 aliphatic rings. The molecule has 0 aliphatic heterocycles. The fourth-order valence-corrected chi connectivity index (χ4v) is 12.1. The van der Waals surface area contributed by atoms with Crippen LogP contribution in [0.4, 0.5) is 0 Å². The first kappa shape index (κ1) is 53.6. The van der Waals surface area contributed by atoms with E-state index >= 15 is 0 Å². The summed E-state index contributed by atoms with van der Waals surface area (Å²) < 4.78 is 2.93. The third-order valence-corrected chi connectivity index (χ3v) is 17.1. The molecular weight excluding hydrogens is 1170 g/mol. The molecule has 0 spiro atoms. The Balaban J connectivity index is 0.000000152. The Bertz CT molecular complexity index is 2060. The molecule has 8 aliphatic carbocycles. The van der Waals surface area contributed by atoms with Gasteiger partial charge < -0.3 is 0 Å². The average Bonchev–Trinajstić information content (AvgIpc) is 4.25. The van der Waals surface area contributed by atoms with Gasteiger partial charge in [-0.2, -0.15) is 23.3 Å². The Morgan fingerprint density at radius 2 is 0.712 bits per heavy atom. The van der Waals surface area contributed by atoms with Crippen molar-refractivity contribution in [2.45, 2.75) is 116 Å². The number of hydrogen-bond acceptors (Lipinski definition) is 0. The van der Waals surface area contributed by atoms with Gasteiger partial charge in [0.25, 0.3) is 0 Å². The first-order valence-corrected chi connectivity index (χ1v) is 27.6. The molecular formula is C62H66Cl2Hf2. The van der Waals surface area contributed by atoms with Crippen LogP contribution in [0.15, 0.2) is 202 Å². The van der Waals surface area contributed by atoms with Gasteiger partial charge in [0.05, 0.1) is 0 Å². The minimum atomic E-state index is 0. The number of benzene rings is 4. The number of allylic oxidation sites excluding steroid dienone is 16. The summed E-state index contributed by atoms with van der Waals surface area (Å²) in [6, 6.07) is 42.4. The molecule has 0 N–H and O–H groups in total. The molecule has 4 heteroatoms. The molecule has 0 nitrogen and oxygen atoms in total. The summed E-state index contributed by atoms with van der Waals surface area (Å²) in [6.45, 7) is 0. The Kier molecular flexibility index (Phi) is 24.5. The molecule has 0 fully saturated rings. The zero-order valence-electron chi connectivity index (χ0n) is 38.7. The van der Waals surface area contributed by atoms with Gasteiger partial charge in [-0.25, -0.2) is 48.3 Å². The summed E-state index contributed by atoms with van der Waals surface area (Å²) in [5.41, 5.74) is 19.5. The Labute approximate surface area is 440 Å². The summed E-state index contributed by atoms with van der Waals surface area (Å²) in [5, 5.41) is 0. The zero-order chi connectivity index (χ0) is 44.0. The van der Waals surface area contributed by atoms with E-state index in [0.29, 0.717) is 0 Å². The predicted molar refractivity (Wildman–Crippen MR) is 280 cm³/mol. The molecule has 0 amide bonds. The standard InChI is InChI=1S/2C13H17.2C13H10.2C5H5.2ClH.2Hf/c2*1-3-7-12-10(5-1)9-11-6-2-4-8-13(11)12;2*1-3-7-12(8-4-1)11-13-9-5-2-6-10-13;2*1-2-4-5-3-1;;;;/h2*5H,1-4,6-9H2;2*1-10H;2*1-3H,4H2;2*1H;;/q2*-1;;;2*-1;;;2*+2. The Morgan fingerprint density at radius 3 is 1.00 bits per heavy atom. The Hall–Kier alpha value is -3.40. The maximum absolute atomic E-state index is 2.99. The topological polar surface area (TPSA) is 0 Å². The number of fused-ring (bicyclic) bond motifs is 2. The van der Waals surface area contributed by atoms with Gasteiger partial charge >= 0.3 is 198 Å². The Morgan fingerprint density at radius 1 is 0.394 bits per heavy atom. The second kappa shape index (κ2) is 30.2. The molecule has 0 heterocycles. The monoisotopic (exact) mass is 1240 g/mol. The van der Waals surface area contributed by atoms with Crippen LogP contribution in [0, 0.1) is 25.0 Å². The normalized spacial score (nSPS) is 17.5.